The molecule has 3 aromatic rings. The zero-order chi connectivity index (χ0) is 61.1. The lowest BCUT2D eigenvalue weighted by Crippen LogP contribution is -2.33. The van der Waals surface area contributed by atoms with Crippen molar-refractivity contribution in [3.63, 3.8) is 0 Å². The third-order valence-corrected chi connectivity index (χ3v) is 19.0. The number of likely N-dealkylation sites (N-methyl/N-ethyl adjacent to an activating group) is 1. The van der Waals surface area contributed by atoms with Crippen molar-refractivity contribution in [2.45, 2.75) is 125 Å². The predicted molar refractivity (Wildman–Crippen MR) is 288 cm³/mol. The van der Waals surface area contributed by atoms with E-state index in [2.05, 4.69) is 68.4 Å². The number of nitrogens with one attached hydrogen (secondary N) is 3. The van der Waals surface area contributed by atoms with E-state index in [1.807, 2.05) is 62.4 Å². The van der Waals surface area contributed by atoms with Gasteiger partial charge in [0, 0.05) is 84.5 Å². The van der Waals surface area contributed by atoms with Gasteiger partial charge in [0.2, 0.25) is 17.5 Å². The van der Waals surface area contributed by atoms with Crippen molar-refractivity contribution in [3.05, 3.63) is 122 Å². The molecule has 1 aromatic heterocycles. The van der Waals surface area contributed by atoms with E-state index in [0.717, 1.165) is 51.2 Å². The lowest BCUT2D eigenvalue weighted by atomic mass is 9.77. The second kappa shape index (κ2) is 28.4. The van der Waals surface area contributed by atoms with Gasteiger partial charge in [-0.1, -0.05) is 36.8 Å². The summed E-state index contributed by atoms with van der Waals surface area (Å²) in [7, 11) is -23.1. The first-order valence-corrected chi connectivity index (χ1v) is 32.4. The maximum atomic E-state index is 13.1. The molecule has 2 amide bonds. The van der Waals surface area contributed by atoms with E-state index in [1.54, 1.807) is 6.07 Å². The number of aromatic amines is 1. The number of fused-ring (bicyclic) bond motifs is 2. The molecule has 1 saturated heterocycles. The van der Waals surface area contributed by atoms with E-state index in [0.29, 0.717) is 62.2 Å². The Bertz CT molecular complexity index is 3430. The van der Waals surface area contributed by atoms with E-state index < -0.39 is 80.7 Å². The molecule has 28 nitrogen and oxygen atoms in total. The van der Waals surface area contributed by atoms with Crippen LogP contribution >= 0.6 is 35.5 Å². The van der Waals surface area contributed by atoms with Crippen LogP contribution in [0.3, 0.4) is 0 Å². The minimum Gasteiger partial charge on any atom is -0.790 e. The number of aromatic nitrogens is 2. The lowest BCUT2D eigenvalue weighted by molar-refractivity contribution is -0.777. The molecule has 0 saturated carbocycles. The molecule has 456 valence electrons. The van der Waals surface area contributed by atoms with Crippen LogP contribution in [0.15, 0.2) is 104 Å². The van der Waals surface area contributed by atoms with Crippen LogP contribution < -0.4 is 51.6 Å². The Morgan fingerprint density at radius 1 is 0.928 bits per heavy atom. The van der Waals surface area contributed by atoms with Crippen molar-refractivity contribution in [2.24, 2.45) is 0 Å². The van der Waals surface area contributed by atoms with Crippen LogP contribution in [0.1, 0.15) is 109 Å². The number of allylic oxidation sites excluding steroid dienone is 6. The van der Waals surface area contributed by atoms with Crippen LogP contribution in [0.4, 0.5) is 11.4 Å². The number of rotatable bonds is 30. The number of anilines is 1. The highest BCUT2D eigenvalue weighted by molar-refractivity contribution is 7.94. The van der Waals surface area contributed by atoms with Crippen LogP contribution in [-0.4, -0.2) is 94.7 Å². The molecular formula is C50H62N6O22P3S2-5. The smallest absolute Gasteiger partial charge is 0.330 e. The topological polar surface area (TPSA) is 419 Å². The Morgan fingerprint density at radius 2 is 1.65 bits per heavy atom. The van der Waals surface area contributed by atoms with Gasteiger partial charge in [0.1, 0.15) is 29.0 Å². The summed E-state index contributed by atoms with van der Waals surface area (Å²) in [6, 6.07) is 10.2. The molecule has 4 N–H and O–H groups in total. The largest absolute Gasteiger partial charge is 0.790 e. The fourth-order valence-corrected chi connectivity index (χ4v) is 13.8. The Balaban J connectivity index is 0.959. The molecule has 3 aliphatic heterocycles. The van der Waals surface area contributed by atoms with Gasteiger partial charge in [0.05, 0.1) is 48.5 Å². The van der Waals surface area contributed by atoms with Gasteiger partial charge in [-0.15, -0.1) is 0 Å². The van der Waals surface area contributed by atoms with Gasteiger partial charge in [-0.2, -0.15) is 8.91 Å². The summed E-state index contributed by atoms with van der Waals surface area (Å²) in [5, 5.41) is 30.0. The summed E-state index contributed by atoms with van der Waals surface area (Å²) >= 11 is 0.831. The van der Waals surface area contributed by atoms with Gasteiger partial charge < -0.3 is 63.8 Å². The number of phosphoric acid groups is 3. The number of phosphoric ester groups is 1. The van der Waals surface area contributed by atoms with Crippen molar-refractivity contribution < 1.29 is 98.0 Å². The molecule has 33 heteroatoms. The third-order valence-electron chi connectivity index (χ3n) is 13.9. The van der Waals surface area contributed by atoms with E-state index in [9.17, 15) is 75.8 Å². The second-order valence-corrected chi connectivity index (χ2v) is 26.3. The van der Waals surface area contributed by atoms with E-state index in [-0.39, 0.29) is 48.1 Å². The quantitative estimate of drug-likeness (QED) is 0.0108. The molecule has 3 aliphatic rings. The maximum Gasteiger partial charge on any atom is 0.330 e. The zero-order valence-electron chi connectivity index (χ0n) is 45.5. The van der Waals surface area contributed by atoms with Crippen molar-refractivity contribution in [3.8, 4) is 0 Å². The third kappa shape index (κ3) is 17.8. The minimum atomic E-state index is -6.24. The minimum absolute atomic E-state index is 0.0227. The summed E-state index contributed by atoms with van der Waals surface area (Å²) in [6.07, 6.45) is 11.7. The number of carbonyl (C=O) groups is 2. The van der Waals surface area contributed by atoms with Crippen molar-refractivity contribution in [2.75, 3.05) is 37.7 Å². The van der Waals surface area contributed by atoms with Gasteiger partial charge in [0.25, 0.3) is 21.2 Å². The Kier molecular flexibility index (Phi) is 23.0. The van der Waals surface area contributed by atoms with Crippen molar-refractivity contribution in [1.29, 1.82) is 0 Å². The fraction of sp³-hybridized carbons (Fsp3) is 0.460. The highest BCUT2D eigenvalue weighted by Crippen LogP contribution is 2.60. The van der Waals surface area contributed by atoms with Gasteiger partial charge in [-0.25, -0.2) is 17.5 Å². The van der Waals surface area contributed by atoms with Crippen molar-refractivity contribution >= 4 is 80.6 Å². The second-order valence-electron chi connectivity index (χ2n) is 19.9. The monoisotopic (exact) mass is 1260 g/mol. The van der Waals surface area contributed by atoms with Gasteiger partial charge in [0.15, 0.2) is 5.71 Å². The molecule has 6 rings (SSSR count). The summed E-state index contributed by atoms with van der Waals surface area (Å²) in [5.74, 6) is -0.506. The van der Waals surface area contributed by atoms with Gasteiger partial charge in [-0.3, -0.25) is 42.4 Å². The summed E-state index contributed by atoms with van der Waals surface area (Å²) in [4.78, 5) is 99.8. The number of amides is 2. The van der Waals surface area contributed by atoms with Gasteiger partial charge >= 0.3 is 5.69 Å². The molecule has 6 atom stereocenters. The highest BCUT2D eigenvalue weighted by Gasteiger charge is 2.45. The van der Waals surface area contributed by atoms with Crippen molar-refractivity contribution in [1.82, 2.24) is 20.2 Å². The Morgan fingerprint density at radius 3 is 2.34 bits per heavy atom. The predicted octanol–water partition coefficient (Wildman–Crippen LogP) is 2.00. The SMILES string of the molecule is CCN1/C(=C/C=C/C=C/C2=[N+](CC)c3ccc(SOO[O-])cc3C2(C)C)C(C)(CCCC(=O)NCCCCCC(=O)NC/C=C/c2cn([C@H]3C[C@@H](O)[C@@H](COP(=O)([O-])OP(=O)([O-])OP(=O)([O-])[O-])O3)c(=O)[nH]c2=O)c2cc(S(=O)(=O)[O-])ccc21. The molecule has 1 fully saturated rings. The van der Waals surface area contributed by atoms with E-state index in [1.165, 1.54) is 24.3 Å². The van der Waals surface area contributed by atoms with Crippen LogP contribution in [0.2, 0.25) is 0 Å². The zero-order valence-corrected chi connectivity index (χ0v) is 49.8. The van der Waals surface area contributed by atoms with E-state index >= 15 is 0 Å². The number of ether oxygens (including phenoxy) is 1. The summed E-state index contributed by atoms with van der Waals surface area (Å²) in [6.45, 7) is 10.7. The number of aliphatic hydroxyl groups is 1. The first kappa shape index (κ1) is 67.1. The van der Waals surface area contributed by atoms with Crippen LogP contribution in [0, 0.1) is 0 Å². The van der Waals surface area contributed by atoms with E-state index in [4.69, 9.17) is 4.74 Å². The number of nitrogens with zero attached hydrogens (tertiary/aromatic N) is 3. The summed E-state index contributed by atoms with van der Waals surface area (Å²) in [5.41, 5.74) is 2.34. The molecule has 4 heterocycles. The number of aliphatic hydroxyl groups excluding tert-OH is 1. The Hall–Kier alpha value is -5.04. The average Bonchev–Trinajstić information content (AvgIpc) is 1.89. The molecule has 0 radical (unpaired) electrons. The molecule has 3 unspecified atom stereocenters. The first-order chi connectivity index (χ1) is 38.9. The molecule has 0 aliphatic carbocycles. The number of carbonyl (C=O) groups excluding carboxylic acids is 2. The average molecular weight is 1260 g/mol. The lowest BCUT2D eigenvalue weighted by Gasteiger charge is -2.37. The standard InChI is InChI=1S/C50H67N6O22P3S2/c1-6-54-38-23-21-34(82-76-75-62)28-36(38)49(3,4)42(54)17-10-8-11-18-43-50(5,37-29-35(83(70,71)72)22-24-39(37)55(43)7-2)25-14-20-45(59)51-26-13-9-12-19-44(58)52-27-15-16-33-31-56(48(61)53-47(33)60)46-30-40(57)41(74-46)32-73-80(66,67)78-81(68,69)77-79(63,64)65/h8,10-11,15-18,21-24,28-29,31,40-41,46,57H,6-7,9,12-14,19-20,25-27,30,32H2,1-5H3,(H8-,51,52,53,58,59,60,61,62,63,64,65,66,67,68,69,70,71,72)/p-5/b16-15+/t40-,41-,46-,50?/m1/s1. The first-order valence-electron chi connectivity index (χ1n) is 25.9. The van der Waals surface area contributed by atoms with Gasteiger partial charge in [-0.05, 0) is 102 Å². The maximum absolute atomic E-state index is 13.1. The number of unbranched alkanes of at least 4 members (excludes halogenated alkanes) is 2. The number of hydrogen-bond donors (Lipinski definition) is 4. The molecular weight excluding hydrogens is 1190 g/mol. The fourth-order valence-electron chi connectivity index (χ4n) is 10.0. The molecule has 0 spiro atoms. The number of H-pyrrole nitrogens is 1. The number of hydrogen-bond acceptors (Lipinski definition) is 24. The molecule has 0 bridgehead atoms. The number of benzene rings is 2. The summed E-state index contributed by atoms with van der Waals surface area (Å²) < 4.78 is 94.6. The Labute approximate surface area is 481 Å². The van der Waals surface area contributed by atoms with Crippen LogP contribution in [0.5, 0.6) is 0 Å². The molecule has 83 heavy (non-hydrogen) atoms. The van der Waals surface area contributed by atoms with Crippen LogP contribution in [-0.2, 0) is 71.5 Å². The molecule has 2 aromatic carbocycles. The van der Waals surface area contributed by atoms with Crippen LogP contribution in [0.25, 0.3) is 6.08 Å². The normalized spacial score (nSPS) is 21.8. The highest BCUT2D eigenvalue weighted by atomic mass is 32.2.